The maximum Gasteiger partial charge on any atom is 0.338 e. The number of ether oxygens (including phenoxy) is 1. The highest BCUT2D eigenvalue weighted by Gasteiger charge is 2.24. The summed E-state index contributed by atoms with van der Waals surface area (Å²) in [5, 5.41) is 0. The first-order valence-corrected chi connectivity index (χ1v) is 7.59. The van der Waals surface area contributed by atoms with Crippen LogP contribution in [0.25, 0.3) is 0 Å². The van der Waals surface area contributed by atoms with Gasteiger partial charge in [-0.25, -0.2) is 17.6 Å². The molecule has 0 bridgehead atoms. The molecule has 0 saturated heterocycles. The highest BCUT2D eigenvalue weighted by molar-refractivity contribution is 8.13. The lowest BCUT2D eigenvalue weighted by molar-refractivity contribution is 0.0485. The molecule has 0 aromatic heterocycles. The van der Waals surface area contributed by atoms with Gasteiger partial charge in [-0.3, -0.25) is 0 Å². The van der Waals surface area contributed by atoms with Crippen molar-refractivity contribution in [2.75, 3.05) is 6.61 Å². The summed E-state index contributed by atoms with van der Waals surface area (Å²) in [6.07, 6.45) is 2.02. The molecule has 0 aliphatic heterocycles. The van der Waals surface area contributed by atoms with E-state index in [9.17, 15) is 17.6 Å². The van der Waals surface area contributed by atoms with E-state index in [0.717, 1.165) is 31.0 Å². The highest BCUT2D eigenvalue weighted by atomic mass is 35.7. The van der Waals surface area contributed by atoms with Crippen LogP contribution in [-0.4, -0.2) is 21.0 Å². The standard InChI is InChI=1S/C11H10ClFO4S/c12-18(15,16)10-4-8(3-9(13)5-10)11(14)17-6-7-1-2-7/h3-5,7H,1-2,6H2. The lowest BCUT2D eigenvalue weighted by atomic mass is 10.2. The Hall–Kier alpha value is -1.14. The predicted octanol–water partition coefficient (Wildman–Crippen LogP) is 2.32. The molecule has 0 N–H and O–H groups in total. The van der Waals surface area contributed by atoms with Gasteiger partial charge in [0.25, 0.3) is 9.05 Å². The van der Waals surface area contributed by atoms with Gasteiger partial charge < -0.3 is 4.74 Å². The Balaban J connectivity index is 2.21. The molecule has 0 radical (unpaired) electrons. The Labute approximate surface area is 108 Å². The summed E-state index contributed by atoms with van der Waals surface area (Å²) in [6.45, 7) is 0.276. The quantitative estimate of drug-likeness (QED) is 0.631. The number of benzene rings is 1. The first-order chi connectivity index (χ1) is 8.36. The molecule has 1 aliphatic rings. The number of carbonyl (C=O) groups is 1. The zero-order valence-electron chi connectivity index (χ0n) is 9.23. The Morgan fingerprint density at radius 3 is 2.61 bits per heavy atom. The molecule has 1 fully saturated rings. The zero-order chi connectivity index (χ0) is 13.3. The van der Waals surface area contributed by atoms with E-state index in [1.165, 1.54) is 0 Å². The van der Waals surface area contributed by atoms with Gasteiger partial charge in [-0.05, 0) is 37.0 Å². The molecule has 0 amide bonds. The second-order valence-corrected chi connectivity index (χ2v) is 6.72. The van der Waals surface area contributed by atoms with E-state index in [2.05, 4.69) is 0 Å². The lowest BCUT2D eigenvalue weighted by Gasteiger charge is -2.05. The molecular weight excluding hydrogens is 283 g/mol. The minimum absolute atomic E-state index is 0.158. The molecule has 0 atom stereocenters. The molecule has 1 saturated carbocycles. The fourth-order valence-electron chi connectivity index (χ4n) is 1.38. The van der Waals surface area contributed by atoms with Gasteiger partial charge in [0, 0.05) is 10.7 Å². The predicted molar refractivity (Wildman–Crippen MR) is 62.4 cm³/mol. The van der Waals surface area contributed by atoms with Crippen LogP contribution in [0.15, 0.2) is 23.1 Å². The van der Waals surface area contributed by atoms with Gasteiger partial charge in [0.2, 0.25) is 0 Å². The summed E-state index contributed by atoms with van der Waals surface area (Å²) in [7, 11) is 1.02. The maximum absolute atomic E-state index is 13.2. The van der Waals surface area contributed by atoms with Crippen LogP contribution in [0.5, 0.6) is 0 Å². The van der Waals surface area contributed by atoms with Crippen molar-refractivity contribution in [2.24, 2.45) is 5.92 Å². The number of halogens is 2. The molecule has 0 unspecified atom stereocenters. The second kappa shape index (κ2) is 4.85. The maximum atomic E-state index is 13.2. The summed E-state index contributed by atoms with van der Waals surface area (Å²) in [6, 6.07) is 2.67. The summed E-state index contributed by atoms with van der Waals surface area (Å²) in [4.78, 5) is 11.1. The Kier molecular flexibility index (Phi) is 3.59. The third-order valence-electron chi connectivity index (χ3n) is 2.54. The van der Waals surface area contributed by atoms with Crippen molar-refractivity contribution in [3.05, 3.63) is 29.6 Å². The molecule has 0 heterocycles. The van der Waals surface area contributed by atoms with E-state index in [1.54, 1.807) is 0 Å². The molecule has 1 aliphatic carbocycles. The van der Waals surface area contributed by atoms with Crippen LogP contribution in [0, 0.1) is 11.7 Å². The molecule has 18 heavy (non-hydrogen) atoms. The molecule has 1 aromatic rings. The average Bonchev–Trinajstić information content (AvgIpc) is 3.07. The second-order valence-electron chi connectivity index (χ2n) is 4.16. The molecule has 4 nitrogen and oxygen atoms in total. The summed E-state index contributed by atoms with van der Waals surface area (Å²) >= 11 is 0. The van der Waals surface area contributed by atoms with Gasteiger partial charge in [0.15, 0.2) is 0 Å². The van der Waals surface area contributed by atoms with Crippen molar-refractivity contribution in [3.8, 4) is 0 Å². The van der Waals surface area contributed by atoms with Crippen LogP contribution in [0.2, 0.25) is 0 Å². The number of hydrogen-bond acceptors (Lipinski definition) is 4. The van der Waals surface area contributed by atoms with E-state index in [0.29, 0.717) is 5.92 Å². The monoisotopic (exact) mass is 292 g/mol. The fraction of sp³-hybridized carbons (Fsp3) is 0.364. The number of carbonyl (C=O) groups excluding carboxylic acids is 1. The third kappa shape index (κ3) is 3.43. The molecular formula is C11H10ClFO4S. The van der Waals surface area contributed by atoms with Crippen molar-refractivity contribution in [2.45, 2.75) is 17.7 Å². The van der Waals surface area contributed by atoms with E-state index >= 15 is 0 Å². The number of hydrogen-bond donors (Lipinski definition) is 0. The van der Waals surface area contributed by atoms with Gasteiger partial charge in [0.05, 0.1) is 17.1 Å². The van der Waals surface area contributed by atoms with Crippen LogP contribution in [0.3, 0.4) is 0 Å². The van der Waals surface area contributed by atoms with Gasteiger partial charge >= 0.3 is 5.97 Å². The van der Waals surface area contributed by atoms with E-state index in [-0.39, 0.29) is 12.2 Å². The Morgan fingerprint density at radius 2 is 2.06 bits per heavy atom. The van der Waals surface area contributed by atoms with Crippen molar-refractivity contribution in [1.29, 1.82) is 0 Å². The molecule has 7 heteroatoms. The topological polar surface area (TPSA) is 60.4 Å². The summed E-state index contributed by atoms with van der Waals surface area (Å²) < 4.78 is 40.3. The van der Waals surface area contributed by atoms with Crippen molar-refractivity contribution in [3.63, 3.8) is 0 Å². The van der Waals surface area contributed by atoms with Crippen LogP contribution in [0.1, 0.15) is 23.2 Å². The van der Waals surface area contributed by atoms with Crippen LogP contribution < -0.4 is 0 Å². The lowest BCUT2D eigenvalue weighted by Crippen LogP contribution is -2.09. The highest BCUT2D eigenvalue weighted by Crippen LogP contribution is 2.29. The van der Waals surface area contributed by atoms with Crippen LogP contribution in [-0.2, 0) is 13.8 Å². The van der Waals surface area contributed by atoms with Gasteiger partial charge in [-0.1, -0.05) is 0 Å². The van der Waals surface area contributed by atoms with Gasteiger partial charge in [0.1, 0.15) is 5.82 Å². The van der Waals surface area contributed by atoms with Crippen molar-refractivity contribution < 1.29 is 22.3 Å². The summed E-state index contributed by atoms with van der Waals surface area (Å²) in [5.74, 6) is -1.23. The summed E-state index contributed by atoms with van der Waals surface area (Å²) in [5.41, 5.74) is -0.158. The van der Waals surface area contributed by atoms with Crippen molar-refractivity contribution >= 4 is 25.7 Å². The minimum atomic E-state index is -4.08. The molecule has 2 rings (SSSR count). The Bertz CT molecular complexity index is 581. The van der Waals surface area contributed by atoms with E-state index < -0.39 is 25.7 Å². The average molecular weight is 293 g/mol. The third-order valence-corrected chi connectivity index (χ3v) is 3.87. The zero-order valence-corrected chi connectivity index (χ0v) is 10.8. The number of esters is 1. The van der Waals surface area contributed by atoms with E-state index in [1.807, 2.05) is 0 Å². The molecule has 0 spiro atoms. The SMILES string of the molecule is O=C(OCC1CC1)c1cc(F)cc(S(=O)(=O)Cl)c1. The minimum Gasteiger partial charge on any atom is -0.462 e. The van der Waals surface area contributed by atoms with Gasteiger partial charge in [-0.15, -0.1) is 0 Å². The largest absolute Gasteiger partial charge is 0.462 e. The van der Waals surface area contributed by atoms with E-state index in [4.69, 9.17) is 15.4 Å². The first kappa shape index (κ1) is 13.3. The Morgan fingerprint density at radius 1 is 1.39 bits per heavy atom. The smallest absolute Gasteiger partial charge is 0.338 e. The van der Waals surface area contributed by atoms with Crippen LogP contribution >= 0.6 is 10.7 Å². The molecule has 1 aromatic carbocycles. The first-order valence-electron chi connectivity index (χ1n) is 5.28. The molecule has 98 valence electrons. The van der Waals surface area contributed by atoms with Crippen molar-refractivity contribution in [1.82, 2.24) is 0 Å². The van der Waals surface area contributed by atoms with Crippen LogP contribution in [0.4, 0.5) is 4.39 Å². The van der Waals surface area contributed by atoms with Gasteiger partial charge in [-0.2, -0.15) is 0 Å². The normalized spacial score (nSPS) is 15.4. The number of rotatable bonds is 4. The fourth-order valence-corrected chi connectivity index (χ4v) is 2.17.